The highest BCUT2D eigenvalue weighted by Gasteiger charge is 2.06. The van der Waals surface area contributed by atoms with E-state index in [2.05, 4.69) is 27.9 Å². The molecule has 88 valence electrons. The van der Waals surface area contributed by atoms with Gasteiger partial charge in [0.1, 0.15) is 0 Å². The largest absolute Gasteiger partial charge is 0.393 e. The summed E-state index contributed by atoms with van der Waals surface area (Å²) in [6.45, 7) is 0.674. The lowest BCUT2D eigenvalue weighted by atomic mass is 10.2. The first-order chi connectivity index (χ1) is 7.59. The maximum Gasteiger partial charge on any atom is 0.252 e. The van der Waals surface area contributed by atoms with E-state index in [-0.39, 0.29) is 5.91 Å². The number of thiophene rings is 1. The molecule has 0 unspecified atom stereocenters. The van der Waals surface area contributed by atoms with E-state index >= 15 is 0 Å². The lowest BCUT2D eigenvalue weighted by Gasteiger charge is -2.03. The lowest BCUT2D eigenvalue weighted by Crippen LogP contribution is -2.24. The number of carbonyl (C=O) groups is 1. The van der Waals surface area contributed by atoms with Crippen molar-refractivity contribution in [2.45, 2.75) is 19.3 Å². The van der Waals surface area contributed by atoms with E-state index in [1.165, 1.54) is 0 Å². The van der Waals surface area contributed by atoms with Gasteiger partial charge in [-0.3, -0.25) is 4.79 Å². The van der Waals surface area contributed by atoms with Crippen LogP contribution in [-0.2, 0) is 0 Å². The molecule has 0 bridgehead atoms. The first kappa shape index (κ1) is 13.9. The molecule has 0 radical (unpaired) electrons. The summed E-state index contributed by atoms with van der Waals surface area (Å²) in [7, 11) is 0. The number of carbonyl (C=O) groups excluding carboxylic acids is 1. The summed E-state index contributed by atoms with van der Waals surface area (Å²) in [5, 5.41) is 4.73. The Morgan fingerprint density at radius 2 is 2.31 bits per heavy atom. The number of hydrogen-bond donors (Lipinski definition) is 2. The highest BCUT2D eigenvalue weighted by molar-refractivity contribution is 14.1. The third kappa shape index (κ3) is 5.22. The smallest absolute Gasteiger partial charge is 0.252 e. The number of nitrogens with two attached hydrogens (primary N) is 1. The minimum Gasteiger partial charge on any atom is -0.393 e. The topological polar surface area (TPSA) is 55.1 Å². The van der Waals surface area contributed by atoms with Gasteiger partial charge in [0.2, 0.25) is 0 Å². The lowest BCUT2D eigenvalue weighted by molar-refractivity contribution is 0.0953. The molecule has 0 aliphatic rings. The summed E-state index contributed by atoms with van der Waals surface area (Å²) in [6.07, 6.45) is 2.59. The molecule has 0 fully saturated rings. The molecule has 0 atom stereocenters. The summed E-state index contributed by atoms with van der Waals surface area (Å²) in [5.74, 6) is -0.00510. The first-order valence-corrected chi connectivity index (χ1v) is 7.27. The quantitative estimate of drug-likeness (QED) is 0.461. The molecule has 0 saturated heterocycles. The van der Waals surface area contributed by atoms with E-state index in [1.807, 2.05) is 11.4 Å². The van der Waals surface area contributed by atoms with Gasteiger partial charge >= 0.3 is 0 Å². The Hall–Kier alpha value is -0.210. The number of unbranched alkanes of at least 4 members (excludes halogenated alkanes) is 1. The fourth-order valence-corrected chi connectivity index (χ4v) is 2.63. The molecule has 0 saturated carbocycles. The van der Waals surface area contributed by atoms with Crippen LogP contribution < -0.4 is 11.1 Å². The average molecular weight is 368 g/mol. The van der Waals surface area contributed by atoms with Crippen molar-refractivity contribution in [2.75, 3.05) is 6.54 Å². The third-order valence-corrected chi connectivity index (χ3v) is 3.96. The Kier molecular flexibility index (Phi) is 6.22. The van der Waals surface area contributed by atoms with Gasteiger partial charge in [-0.05, 0) is 47.9 Å². The molecule has 0 aliphatic carbocycles. The highest BCUT2D eigenvalue weighted by atomic mass is 127. The molecule has 6 heteroatoms. The van der Waals surface area contributed by atoms with E-state index in [9.17, 15) is 4.79 Å². The first-order valence-electron chi connectivity index (χ1n) is 4.90. The van der Waals surface area contributed by atoms with Gasteiger partial charge in [0.25, 0.3) is 5.91 Å². The van der Waals surface area contributed by atoms with E-state index in [0.717, 1.165) is 27.7 Å². The zero-order valence-electron chi connectivity index (χ0n) is 8.66. The molecule has 3 N–H and O–H groups in total. The van der Waals surface area contributed by atoms with Crippen LogP contribution in [0.4, 0.5) is 0 Å². The molecule has 1 rings (SSSR count). The van der Waals surface area contributed by atoms with Gasteiger partial charge in [-0.2, -0.15) is 0 Å². The van der Waals surface area contributed by atoms with Crippen molar-refractivity contribution < 1.29 is 4.79 Å². The Morgan fingerprint density at radius 3 is 2.88 bits per heavy atom. The minimum absolute atomic E-state index is 0.00510. The molecule has 0 aromatic carbocycles. The Morgan fingerprint density at radius 1 is 1.56 bits per heavy atom. The standard InChI is InChI=1S/C10H13IN2OS2/c11-8-5-7(6-16-8)10(14)13-4-2-1-3-9(12)15/h5-6H,1-4H2,(H2,12,15)(H,13,14). The monoisotopic (exact) mass is 368 g/mol. The van der Waals surface area contributed by atoms with Crippen LogP contribution in [0.5, 0.6) is 0 Å². The molecule has 3 nitrogen and oxygen atoms in total. The van der Waals surface area contributed by atoms with Crippen LogP contribution in [0.25, 0.3) is 0 Å². The van der Waals surface area contributed by atoms with Crippen molar-refractivity contribution in [1.29, 1.82) is 0 Å². The second kappa shape index (κ2) is 7.18. The molecule has 0 spiro atoms. The molecule has 1 heterocycles. The van der Waals surface area contributed by atoms with Crippen LogP contribution in [0.3, 0.4) is 0 Å². The minimum atomic E-state index is -0.00510. The predicted octanol–water partition coefficient (Wildman–Crippen LogP) is 2.54. The van der Waals surface area contributed by atoms with Crippen LogP contribution in [0.2, 0.25) is 0 Å². The summed E-state index contributed by atoms with van der Waals surface area (Å²) in [6, 6.07) is 1.88. The third-order valence-electron chi connectivity index (χ3n) is 1.97. The normalized spacial score (nSPS) is 10.1. The molecular formula is C10H13IN2OS2. The van der Waals surface area contributed by atoms with Crippen molar-refractivity contribution in [3.05, 3.63) is 19.9 Å². The number of thiocarbonyl (C=S) groups is 1. The maximum atomic E-state index is 11.6. The Labute approximate surface area is 118 Å². The van der Waals surface area contributed by atoms with Crippen molar-refractivity contribution >= 4 is 57.0 Å². The highest BCUT2D eigenvalue weighted by Crippen LogP contribution is 2.16. The number of hydrogen-bond acceptors (Lipinski definition) is 3. The van der Waals surface area contributed by atoms with Gasteiger partial charge in [-0.1, -0.05) is 12.2 Å². The van der Waals surface area contributed by atoms with Crippen LogP contribution in [-0.4, -0.2) is 17.4 Å². The maximum absolute atomic E-state index is 11.6. The second-order valence-corrected chi connectivity index (χ2v) is 6.65. The molecule has 1 amide bonds. The molecule has 1 aromatic heterocycles. The zero-order chi connectivity index (χ0) is 12.0. The van der Waals surface area contributed by atoms with Gasteiger partial charge in [-0.15, -0.1) is 11.3 Å². The Bertz CT molecular complexity index is 379. The number of nitrogens with one attached hydrogen (secondary N) is 1. The van der Waals surface area contributed by atoms with Gasteiger partial charge in [0.15, 0.2) is 0 Å². The van der Waals surface area contributed by atoms with Gasteiger partial charge in [0, 0.05) is 11.9 Å². The molecule has 1 aromatic rings. The van der Waals surface area contributed by atoms with Crippen LogP contribution in [0, 0.1) is 2.88 Å². The van der Waals surface area contributed by atoms with Crippen LogP contribution >= 0.6 is 46.1 Å². The van der Waals surface area contributed by atoms with Gasteiger partial charge < -0.3 is 11.1 Å². The van der Waals surface area contributed by atoms with E-state index in [0.29, 0.717) is 11.5 Å². The fraction of sp³-hybridized carbons (Fsp3) is 0.400. The molecule has 0 aliphatic heterocycles. The molecular weight excluding hydrogens is 355 g/mol. The summed E-state index contributed by atoms with van der Waals surface area (Å²) >= 11 is 8.54. The van der Waals surface area contributed by atoms with Gasteiger partial charge in [-0.25, -0.2) is 0 Å². The second-order valence-electron chi connectivity index (χ2n) is 3.32. The Balaban J connectivity index is 2.18. The SMILES string of the molecule is NC(=S)CCCCNC(=O)c1csc(I)c1. The number of amides is 1. The summed E-state index contributed by atoms with van der Waals surface area (Å²) in [5.41, 5.74) is 6.11. The van der Waals surface area contributed by atoms with Gasteiger partial charge in [0.05, 0.1) is 13.4 Å². The number of rotatable bonds is 6. The van der Waals surface area contributed by atoms with Crippen molar-refractivity contribution in [3.63, 3.8) is 0 Å². The zero-order valence-corrected chi connectivity index (χ0v) is 12.5. The number of halogens is 1. The van der Waals surface area contributed by atoms with Crippen molar-refractivity contribution in [1.82, 2.24) is 5.32 Å². The van der Waals surface area contributed by atoms with Crippen molar-refractivity contribution in [3.8, 4) is 0 Å². The molecule has 16 heavy (non-hydrogen) atoms. The summed E-state index contributed by atoms with van der Waals surface area (Å²) < 4.78 is 1.12. The average Bonchev–Trinajstić information content (AvgIpc) is 2.63. The van der Waals surface area contributed by atoms with E-state index in [1.54, 1.807) is 11.3 Å². The van der Waals surface area contributed by atoms with E-state index < -0.39 is 0 Å². The van der Waals surface area contributed by atoms with E-state index in [4.69, 9.17) is 18.0 Å². The van der Waals surface area contributed by atoms with Crippen LogP contribution in [0.15, 0.2) is 11.4 Å². The predicted molar refractivity (Wildman–Crippen MR) is 80.0 cm³/mol. The summed E-state index contributed by atoms with van der Waals surface area (Å²) in [4.78, 5) is 12.1. The fourth-order valence-electron chi connectivity index (χ4n) is 1.16. The van der Waals surface area contributed by atoms with Crippen LogP contribution in [0.1, 0.15) is 29.6 Å². The van der Waals surface area contributed by atoms with Crippen molar-refractivity contribution in [2.24, 2.45) is 5.73 Å².